The molecule has 0 unspecified atom stereocenters. The summed E-state index contributed by atoms with van der Waals surface area (Å²) in [6.45, 7) is 9.59. The minimum absolute atomic E-state index is 0.195. The number of hydrogen-bond acceptors (Lipinski definition) is 3. The Morgan fingerprint density at radius 1 is 1.40 bits per heavy atom. The highest BCUT2D eigenvalue weighted by molar-refractivity contribution is 5.33. The molecule has 1 N–H and O–H groups in total. The highest BCUT2D eigenvalue weighted by Gasteiger charge is 2.21. The van der Waals surface area contributed by atoms with Crippen LogP contribution in [0.25, 0.3) is 0 Å². The van der Waals surface area contributed by atoms with E-state index in [9.17, 15) is 4.39 Å². The van der Waals surface area contributed by atoms with Gasteiger partial charge in [-0.25, -0.2) is 9.82 Å². The second-order valence-electron chi connectivity index (χ2n) is 5.35. The van der Waals surface area contributed by atoms with Gasteiger partial charge in [-0.05, 0) is 51.3 Å². The number of allylic oxidation sites excluding steroid dienone is 1. The Hall–Kier alpha value is -1.55. The summed E-state index contributed by atoms with van der Waals surface area (Å²) in [6.07, 6.45) is 0.639. The summed E-state index contributed by atoms with van der Waals surface area (Å²) in [6, 6.07) is 5.52. The Balaban J connectivity index is 2.14. The molecular formula is C16H23FN2O. The van der Waals surface area contributed by atoms with Gasteiger partial charge in [0.2, 0.25) is 0 Å². The van der Waals surface area contributed by atoms with Crippen molar-refractivity contribution in [3.63, 3.8) is 0 Å². The van der Waals surface area contributed by atoms with Crippen molar-refractivity contribution in [2.45, 2.75) is 40.2 Å². The van der Waals surface area contributed by atoms with Crippen LogP contribution in [0.2, 0.25) is 0 Å². The molecular weight excluding hydrogens is 255 g/mol. The van der Waals surface area contributed by atoms with E-state index in [0.29, 0.717) is 24.8 Å². The second-order valence-corrected chi connectivity index (χ2v) is 5.35. The summed E-state index contributed by atoms with van der Waals surface area (Å²) >= 11 is 0. The van der Waals surface area contributed by atoms with Crippen LogP contribution in [0.3, 0.4) is 0 Å². The van der Waals surface area contributed by atoms with Gasteiger partial charge in [0.05, 0.1) is 6.61 Å². The first kappa shape index (κ1) is 14.9. The van der Waals surface area contributed by atoms with Crippen molar-refractivity contribution in [2.75, 3.05) is 13.2 Å². The van der Waals surface area contributed by atoms with Crippen molar-refractivity contribution in [3.8, 4) is 5.75 Å². The number of halogens is 1. The smallest absolute Gasteiger partial charge is 0.130 e. The number of benzene rings is 1. The summed E-state index contributed by atoms with van der Waals surface area (Å²) in [5, 5.41) is 2.14. The van der Waals surface area contributed by atoms with E-state index in [1.807, 2.05) is 19.1 Å². The van der Waals surface area contributed by atoms with Crippen LogP contribution in [0.1, 0.15) is 33.3 Å². The molecule has 0 aliphatic carbocycles. The molecule has 1 aromatic rings. The zero-order chi connectivity index (χ0) is 14.7. The van der Waals surface area contributed by atoms with E-state index < -0.39 is 0 Å². The van der Waals surface area contributed by atoms with Gasteiger partial charge in [0.25, 0.3) is 0 Å². The van der Waals surface area contributed by atoms with Crippen LogP contribution >= 0.6 is 0 Å². The molecule has 4 heteroatoms. The first-order valence-electron chi connectivity index (χ1n) is 7.15. The first-order chi connectivity index (χ1) is 9.52. The molecule has 1 heterocycles. The maximum Gasteiger partial charge on any atom is 0.130 e. The molecule has 20 heavy (non-hydrogen) atoms. The molecule has 0 spiro atoms. The van der Waals surface area contributed by atoms with Gasteiger partial charge in [0, 0.05) is 24.4 Å². The molecule has 0 saturated heterocycles. The van der Waals surface area contributed by atoms with E-state index in [1.54, 1.807) is 0 Å². The molecule has 0 amide bonds. The van der Waals surface area contributed by atoms with E-state index in [0.717, 1.165) is 12.1 Å². The molecule has 1 aliphatic heterocycles. The monoisotopic (exact) mass is 278 g/mol. The van der Waals surface area contributed by atoms with Gasteiger partial charge in [-0.2, -0.15) is 0 Å². The number of ether oxygens (including phenoxy) is 1. The number of rotatable bonds is 5. The van der Waals surface area contributed by atoms with Gasteiger partial charge in [-0.1, -0.05) is 6.07 Å². The normalized spacial score (nSPS) is 15.4. The second kappa shape index (κ2) is 6.27. The summed E-state index contributed by atoms with van der Waals surface area (Å²) in [5.41, 5.74) is 6.50. The van der Waals surface area contributed by atoms with Gasteiger partial charge in [0.15, 0.2) is 0 Å². The van der Waals surface area contributed by atoms with E-state index in [-0.39, 0.29) is 5.82 Å². The summed E-state index contributed by atoms with van der Waals surface area (Å²) in [5.74, 6) is 0.395. The molecule has 2 rings (SSSR count). The van der Waals surface area contributed by atoms with Crippen molar-refractivity contribution in [3.05, 3.63) is 40.8 Å². The fourth-order valence-electron chi connectivity index (χ4n) is 2.52. The van der Waals surface area contributed by atoms with E-state index in [4.69, 9.17) is 4.74 Å². The quantitative estimate of drug-likeness (QED) is 0.894. The maximum absolute atomic E-state index is 14.1. The van der Waals surface area contributed by atoms with Crippen LogP contribution in [0, 0.1) is 5.82 Å². The number of hydrazine groups is 1. The van der Waals surface area contributed by atoms with Crippen LogP contribution in [0.5, 0.6) is 5.75 Å². The third-order valence-electron chi connectivity index (χ3n) is 3.59. The van der Waals surface area contributed by atoms with Crippen LogP contribution in [0.15, 0.2) is 29.5 Å². The fraction of sp³-hybridized carbons (Fsp3) is 0.500. The molecule has 1 aliphatic rings. The topological polar surface area (TPSA) is 24.5 Å². The van der Waals surface area contributed by atoms with E-state index >= 15 is 0 Å². The lowest BCUT2D eigenvalue weighted by Gasteiger charge is -2.24. The Bertz CT molecular complexity index is 511. The molecule has 0 fully saturated rings. The predicted octanol–water partition coefficient (Wildman–Crippen LogP) is 3.27. The number of nitrogens with one attached hydrogen (secondary N) is 1. The third-order valence-corrected chi connectivity index (χ3v) is 3.59. The highest BCUT2D eigenvalue weighted by Crippen LogP contribution is 2.24. The summed E-state index contributed by atoms with van der Waals surface area (Å²) in [4.78, 5) is 0. The number of nitrogens with zero attached hydrogens (tertiary/aromatic N) is 1. The van der Waals surface area contributed by atoms with Crippen molar-refractivity contribution in [1.82, 2.24) is 10.4 Å². The standard InChI is InChI=1S/C16H23FN2O/c1-5-20-15-7-6-13(16(17)9-15)8-14-10-18-19(11(2)3)12(14)4/h6-7,9,11,18H,5,8,10H2,1-4H3. The minimum Gasteiger partial charge on any atom is -0.494 e. The van der Waals surface area contributed by atoms with Gasteiger partial charge < -0.3 is 9.75 Å². The zero-order valence-electron chi connectivity index (χ0n) is 12.7. The molecule has 1 aromatic carbocycles. The maximum atomic E-state index is 14.1. The molecule has 3 nitrogen and oxygen atoms in total. The van der Waals surface area contributed by atoms with Crippen molar-refractivity contribution < 1.29 is 9.13 Å². The SMILES string of the molecule is CCOc1ccc(CC2=C(C)N(C(C)C)NC2)c(F)c1. The van der Waals surface area contributed by atoms with E-state index in [1.165, 1.54) is 17.3 Å². The van der Waals surface area contributed by atoms with E-state index in [2.05, 4.69) is 31.2 Å². The largest absolute Gasteiger partial charge is 0.494 e. The van der Waals surface area contributed by atoms with Crippen molar-refractivity contribution in [1.29, 1.82) is 0 Å². The lowest BCUT2D eigenvalue weighted by atomic mass is 10.0. The number of hydrogen-bond donors (Lipinski definition) is 1. The van der Waals surface area contributed by atoms with Gasteiger partial charge in [-0.3, -0.25) is 0 Å². The van der Waals surface area contributed by atoms with Crippen LogP contribution in [-0.4, -0.2) is 24.2 Å². The Morgan fingerprint density at radius 2 is 2.15 bits per heavy atom. The lowest BCUT2D eigenvalue weighted by Crippen LogP contribution is -2.36. The first-order valence-corrected chi connectivity index (χ1v) is 7.15. The minimum atomic E-state index is -0.195. The lowest BCUT2D eigenvalue weighted by molar-refractivity contribution is 0.228. The molecule has 0 atom stereocenters. The molecule has 0 aromatic heterocycles. The molecule has 110 valence electrons. The predicted molar refractivity (Wildman–Crippen MR) is 79.0 cm³/mol. The average molecular weight is 278 g/mol. The van der Waals surface area contributed by atoms with Gasteiger partial charge >= 0.3 is 0 Å². The Kier molecular flexibility index (Phi) is 4.65. The van der Waals surface area contributed by atoms with Crippen LogP contribution < -0.4 is 10.2 Å². The Labute approximate surface area is 120 Å². The third kappa shape index (κ3) is 3.12. The molecule has 0 saturated carbocycles. The van der Waals surface area contributed by atoms with Gasteiger partial charge in [-0.15, -0.1) is 0 Å². The van der Waals surface area contributed by atoms with Crippen molar-refractivity contribution in [2.24, 2.45) is 0 Å². The molecule has 0 radical (unpaired) electrons. The van der Waals surface area contributed by atoms with Gasteiger partial charge in [0.1, 0.15) is 11.6 Å². The Morgan fingerprint density at radius 3 is 2.70 bits per heavy atom. The van der Waals surface area contributed by atoms with Crippen molar-refractivity contribution >= 4 is 0 Å². The zero-order valence-corrected chi connectivity index (χ0v) is 12.7. The summed E-state index contributed by atoms with van der Waals surface area (Å²) in [7, 11) is 0. The average Bonchev–Trinajstić information content (AvgIpc) is 2.75. The van der Waals surface area contributed by atoms with Crippen LogP contribution in [0.4, 0.5) is 4.39 Å². The fourth-order valence-corrected chi connectivity index (χ4v) is 2.52. The van der Waals surface area contributed by atoms with Crippen LogP contribution in [-0.2, 0) is 6.42 Å². The highest BCUT2D eigenvalue weighted by atomic mass is 19.1. The summed E-state index contributed by atoms with van der Waals surface area (Å²) < 4.78 is 19.4. The molecule has 0 bridgehead atoms.